The molecule has 4 heterocycles. The SMILES string of the molecule is COc1ccc(Cn2c(=O)n3ncnc3c3c(CN(C)CC4CCOCC4)csc32)cc1. The molecule has 0 radical (unpaired) electrons. The molecule has 1 saturated heterocycles. The molecule has 3 aromatic heterocycles. The van der Waals surface area contributed by atoms with Gasteiger partial charge in [0, 0.05) is 26.3 Å². The van der Waals surface area contributed by atoms with E-state index in [0.717, 1.165) is 60.7 Å². The van der Waals surface area contributed by atoms with E-state index >= 15 is 0 Å². The number of nitrogens with zero attached hydrogens (tertiary/aromatic N) is 5. The van der Waals surface area contributed by atoms with Crippen molar-refractivity contribution in [1.82, 2.24) is 24.1 Å². The first-order valence-electron chi connectivity index (χ1n) is 10.9. The molecular formula is C23H27N5O3S. The summed E-state index contributed by atoms with van der Waals surface area (Å²) in [6.07, 6.45) is 3.69. The Kier molecular flexibility index (Phi) is 5.95. The summed E-state index contributed by atoms with van der Waals surface area (Å²) in [4.78, 5) is 20.9. The molecule has 8 nitrogen and oxygen atoms in total. The van der Waals surface area contributed by atoms with Crippen LogP contribution in [-0.4, -0.2) is 58.0 Å². The number of fused-ring (bicyclic) bond motifs is 3. The van der Waals surface area contributed by atoms with Gasteiger partial charge in [-0.05, 0) is 54.4 Å². The van der Waals surface area contributed by atoms with Gasteiger partial charge in [-0.2, -0.15) is 9.61 Å². The van der Waals surface area contributed by atoms with Crippen LogP contribution in [0.2, 0.25) is 0 Å². The Hall–Kier alpha value is -2.75. The van der Waals surface area contributed by atoms with Crippen molar-refractivity contribution in [1.29, 1.82) is 0 Å². The second-order valence-electron chi connectivity index (χ2n) is 8.41. The topological polar surface area (TPSA) is 73.9 Å². The van der Waals surface area contributed by atoms with E-state index in [1.165, 1.54) is 16.4 Å². The molecule has 168 valence electrons. The van der Waals surface area contributed by atoms with E-state index in [9.17, 15) is 4.79 Å². The van der Waals surface area contributed by atoms with E-state index in [1.54, 1.807) is 23.0 Å². The maximum atomic E-state index is 13.2. The quantitative estimate of drug-likeness (QED) is 0.428. The molecular weight excluding hydrogens is 426 g/mol. The van der Waals surface area contributed by atoms with Crippen molar-refractivity contribution in [3.8, 4) is 5.75 Å². The highest BCUT2D eigenvalue weighted by Crippen LogP contribution is 2.30. The summed E-state index contributed by atoms with van der Waals surface area (Å²) in [7, 11) is 3.81. The van der Waals surface area contributed by atoms with Crippen molar-refractivity contribution in [2.24, 2.45) is 5.92 Å². The summed E-state index contributed by atoms with van der Waals surface area (Å²) >= 11 is 1.60. The summed E-state index contributed by atoms with van der Waals surface area (Å²) in [6, 6.07) is 7.80. The molecule has 0 bridgehead atoms. The summed E-state index contributed by atoms with van der Waals surface area (Å²) in [5.74, 6) is 1.46. The fourth-order valence-corrected chi connectivity index (χ4v) is 5.52. The van der Waals surface area contributed by atoms with Gasteiger partial charge in [-0.15, -0.1) is 11.3 Å². The number of hydrogen-bond acceptors (Lipinski definition) is 7. The highest BCUT2D eigenvalue weighted by molar-refractivity contribution is 7.17. The monoisotopic (exact) mass is 453 g/mol. The zero-order valence-electron chi connectivity index (χ0n) is 18.4. The first-order chi connectivity index (χ1) is 15.6. The van der Waals surface area contributed by atoms with Crippen LogP contribution in [0.3, 0.4) is 0 Å². The molecule has 1 aromatic carbocycles. The third-order valence-corrected chi connectivity index (χ3v) is 7.18. The van der Waals surface area contributed by atoms with Gasteiger partial charge >= 0.3 is 5.69 Å². The maximum Gasteiger partial charge on any atom is 0.352 e. The Balaban J connectivity index is 1.50. The van der Waals surface area contributed by atoms with Crippen LogP contribution in [0.25, 0.3) is 15.9 Å². The minimum absolute atomic E-state index is 0.176. The predicted octanol–water partition coefficient (Wildman–Crippen LogP) is 3.02. The largest absolute Gasteiger partial charge is 0.497 e. The van der Waals surface area contributed by atoms with Gasteiger partial charge in [0.05, 0.1) is 19.0 Å². The van der Waals surface area contributed by atoms with Crippen LogP contribution >= 0.6 is 11.3 Å². The van der Waals surface area contributed by atoms with Crippen molar-refractivity contribution >= 4 is 27.2 Å². The lowest BCUT2D eigenvalue weighted by Crippen LogP contribution is -2.30. The summed E-state index contributed by atoms with van der Waals surface area (Å²) in [5, 5.41) is 7.39. The zero-order chi connectivity index (χ0) is 22.1. The molecule has 0 amide bonds. The Labute approximate surface area is 190 Å². The molecule has 1 aliphatic rings. The zero-order valence-corrected chi connectivity index (χ0v) is 19.2. The van der Waals surface area contributed by atoms with E-state index in [2.05, 4.69) is 27.4 Å². The molecule has 0 aliphatic carbocycles. The van der Waals surface area contributed by atoms with Crippen LogP contribution in [0.4, 0.5) is 0 Å². The van der Waals surface area contributed by atoms with Crippen LogP contribution in [0.15, 0.2) is 40.8 Å². The minimum atomic E-state index is -0.176. The highest BCUT2D eigenvalue weighted by atomic mass is 32.1. The number of ether oxygens (including phenoxy) is 2. The summed E-state index contributed by atoms with van der Waals surface area (Å²) in [5.41, 5.74) is 2.66. The van der Waals surface area contributed by atoms with Gasteiger partial charge in [-0.25, -0.2) is 9.78 Å². The van der Waals surface area contributed by atoms with Crippen LogP contribution in [-0.2, 0) is 17.8 Å². The molecule has 32 heavy (non-hydrogen) atoms. The lowest BCUT2D eigenvalue weighted by molar-refractivity contribution is 0.0550. The van der Waals surface area contributed by atoms with Crippen molar-refractivity contribution in [2.45, 2.75) is 25.9 Å². The minimum Gasteiger partial charge on any atom is -0.497 e. The number of hydrogen-bond donors (Lipinski definition) is 0. The van der Waals surface area contributed by atoms with Crippen molar-refractivity contribution in [3.63, 3.8) is 0 Å². The molecule has 5 rings (SSSR count). The van der Waals surface area contributed by atoms with Crippen molar-refractivity contribution < 1.29 is 9.47 Å². The molecule has 0 saturated carbocycles. The first kappa shape index (κ1) is 21.1. The average Bonchev–Trinajstić information content (AvgIpc) is 3.45. The lowest BCUT2D eigenvalue weighted by Gasteiger charge is -2.27. The van der Waals surface area contributed by atoms with Crippen molar-refractivity contribution in [2.75, 3.05) is 33.9 Å². The fraction of sp³-hybridized carbons (Fsp3) is 0.435. The van der Waals surface area contributed by atoms with E-state index in [4.69, 9.17) is 9.47 Å². The second kappa shape index (κ2) is 9.01. The van der Waals surface area contributed by atoms with E-state index < -0.39 is 0 Å². The summed E-state index contributed by atoms with van der Waals surface area (Å²) < 4.78 is 14.0. The average molecular weight is 454 g/mol. The Bertz CT molecular complexity index is 1270. The van der Waals surface area contributed by atoms with E-state index in [1.807, 2.05) is 24.3 Å². The molecule has 9 heteroatoms. The van der Waals surface area contributed by atoms with Gasteiger partial charge in [0.25, 0.3) is 0 Å². The Morgan fingerprint density at radius 2 is 2.03 bits per heavy atom. The lowest BCUT2D eigenvalue weighted by atomic mass is 10.00. The summed E-state index contributed by atoms with van der Waals surface area (Å²) in [6.45, 7) is 4.03. The van der Waals surface area contributed by atoms with Gasteiger partial charge in [0.1, 0.15) is 16.9 Å². The Morgan fingerprint density at radius 1 is 1.25 bits per heavy atom. The molecule has 0 atom stereocenters. The van der Waals surface area contributed by atoms with Crippen LogP contribution in [0, 0.1) is 5.92 Å². The van der Waals surface area contributed by atoms with Crippen LogP contribution < -0.4 is 10.4 Å². The number of thiophene rings is 1. The Morgan fingerprint density at radius 3 is 2.78 bits per heavy atom. The van der Waals surface area contributed by atoms with Gasteiger partial charge < -0.3 is 14.4 Å². The third-order valence-electron chi connectivity index (χ3n) is 6.13. The fourth-order valence-electron chi connectivity index (χ4n) is 4.47. The third kappa shape index (κ3) is 4.03. The number of methoxy groups -OCH3 is 1. The molecule has 0 spiro atoms. The van der Waals surface area contributed by atoms with Gasteiger partial charge in [-0.3, -0.25) is 4.57 Å². The van der Waals surface area contributed by atoms with Crippen LogP contribution in [0.5, 0.6) is 5.75 Å². The molecule has 1 fully saturated rings. The molecule has 4 aromatic rings. The van der Waals surface area contributed by atoms with Gasteiger partial charge in [0.2, 0.25) is 0 Å². The second-order valence-corrected chi connectivity index (χ2v) is 9.26. The first-order valence-corrected chi connectivity index (χ1v) is 11.7. The highest BCUT2D eigenvalue weighted by Gasteiger charge is 2.20. The molecule has 0 N–H and O–H groups in total. The molecule has 1 aliphatic heterocycles. The molecule has 0 unspecified atom stereocenters. The smallest absolute Gasteiger partial charge is 0.352 e. The van der Waals surface area contributed by atoms with Gasteiger partial charge in [0.15, 0.2) is 5.65 Å². The van der Waals surface area contributed by atoms with E-state index in [0.29, 0.717) is 18.1 Å². The standard InChI is InChI=1S/C23H27N5O3S/c1-26(11-17-7-9-31-10-8-17)13-18-14-32-22-20(18)21-24-15-25-28(21)23(29)27(22)12-16-3-5-19(30-2)6-4-16/h3-6,14-15,17H,7-13H2,1-2H3. The number of benzene rings is 1. The van der Waals surface area contributed by atoms with E-state index in [-0.39, 0.29) is 5.69 Å². The number of rotatable bonds is 7. The normalized spacial score (nSPS) is 15.2. The van der Waals surface area contributed by atoms with Gasteiger partial charge in [-0.1, -0.05) is 12.1 Å². The van der Waals surface area contributed by atoms with Crippen molar-refractivity contribution in [3.05, 3.63) is 57.6 Å². The number of aromatic nitrogens is 4. The maximum absolute atomic E-state index is 13.2. The predicted molar refractivity (Wildman–Crippen MR) is 125 cm³/mol. The van der Waals surface area contributed by atoms with Crippen LogP contribution in [0.1, 0.15) is 24.0 Å².